The summed E-state index contributed by atoms with van der Waals surface area (Å²) >= 11 is 0. The van der Waals surface area contributed by atoms with Crippen molar-refractivity contribution in [2.45, 2.75) is 67.3 Å². The molecule has 0 bridgehead atoms. The lowest BCUT2D eigenvalue weighted by atomic mass is 9.59. The van der Waals surface area contributed by atoms with Crippen molar-refractivity contribution in [2.75, 3.05) is 6.54 Å². The van der Waals surface area contributed by atoms with Crippen LogP contribution in [0.15, 0.2) is 0 Å². The Kier molecular flexibility index (Phi) is 4.03. The van der Waals surface area contributed by atoms with Gasteiger partial charge in [-0.3, -0.25) is 4.79 Å². The van der Waals surface area contributed by atoms with Gasteiger partial charge in [0, 0.05) is 18.0 Å². The minimum Gasteiger partial charge on any atom is -0.311 e. The topological polar surface area (TPSA) is 29.1 Å². The highest BCUT2D eigenvalue weighted by Gasteiger charge is 2.48. The van der Waals surface area contributed by atoms with Crippen molar-refractivity contribution in [3.05, 3.63) is 0 Å². The lowest BCUT2D eigenvalue weighted by Crippen LogP contribution is -2.60. The summed E-state index contributed by atoms with van der Waals surface area (Å²) in [6.45, 7) is 18.6. The van der Waals surface area contributed by atoms with E-state index in [1.54, 1.807) is 6.92 Å². The van der Waals surface area contributed by atoms with E-state index in [1.807, 2.05) is 0 Å². The number of Topliss-reactive ketones (excluding diaryl/α,β-unsaturated/α-hetero) is 1. The van der Waals surface area contributed by atoms with E-state index in [0.29, 0.717) is 11.7 Å². The summed E-state index contributed by atoms with van der Waals surface area (Å²) in [7, 11) is 0. The first-order chi connectivity index (χ1) is 7.92. The molecule has 2 atom stereocenters. The molecule has 1 heterocycles. The number of carbonyl (C=O) groups excluding carboxylic acids is 1. The molecule has 1 fully saturated rings. The largest absolute Gasteiger partial charge is 0.311 e. The van der Waals surface area contributed by atoms with Crippen molar-refractivity contribution >= 4 is 5.78 Å². The van der Waals surface area contributed by atoms with E-state index in [-0.39, 0.29) is 22.3 Å². The highest BCUT2D eigenvalue weighted by molar-refractivity contribution is 5.79. The van der Waals surface area contributed by atoms with Gasteiger partial charge in [0.15, 0.2) is 0 Å². The summed E-state index contributed by atoms with van der Waals surface area (Å²) < 4.78 is 0. The molecule has 0 saturated carbocycles. The van der Waals surface area contributed by atoms with Gasteiger partial charge in [0.1, 0.15) is 5.78 Å². The molecule has 2 unspecified atom stereocenters. The highest BCUT2D eigenvalue weighted by atomic mass is 16.1. The van der Waals surface area contributed by atoms with Crippen LogP contribution in [0, 0.1) is 22.7 Å². The van der Waals surface area contributed by atoms with Crippen LogP contribution in [0.2, 0.25) is 0 Å². The smallest absolute Gasteiger partial charge is 0.133 e. The molecule has 106 valence electrons. The van der Waals surface area contributed by atoms with Crippen molar-refractivity contribution < 1.29 is 4.79 Å². The maximum atomic E-state index is 12.1. The maximum absolute atomic E-state index is 12.1. The SMILES string of the molecule is CC(=O)C1CC(C)C(C)(C)CNC(C)(C)C1(C)C. The molecular formula is C16H31NO. The molecule has 1 saturated heterocycles. The van der Waals surface area contributed by atoms with E-state index in [1.165, 1.54) is 0 Å². The first-order valence-electron chi connectivity index (χ1n) is 7.17. The average Bonchev–Trinajstić information content (AvgIpc) is 2.20. The Balaban J connectivity index is 3.18. The van der Waals surface area contributed by atoms with E-state index < -0.39 is 0 Å². The average molecular weight is 253 g/mol. The summed E-state index contributed by atoms with van der Waals surface area (Å²) in [6.07, 6.45) is 1.00. The minimum absolute atomic E-state index is 0.0242. The lowest BCUT2D eigenvalue weighted by Gasteiger charge is -2.52. The molecule has 0 aliphatic carbocycles. The fourth-order valence-electron chi connectivity index (χ4n) is 2.93. The van der Waals surface area contributed by atoms with Crippen LogP contribution in [-0.2, 0) is 4.79 Å². The van der Waals surface area contributed by atoms with Gasteiger partial charge in [-0.2, -0.15) is 0 Å². The Morgan fingerprint density at radius 1 is 1.11 bits per heavy atom. The first kappa shape index (κ1) is 15.7. The van der Waals surface area contributed by atoms with Crippen molar-refractivity contribution in [1.29, 1.82) is 0 Å². The van der Waals surface area contributed by atoms with Crippen molar-refractivity contribution in [1.82, 2.24) is 5.32 Å². The number of hydrogen-bond donors (Lipinski definition) is 1. The summed E-state index contributed by atoms with van der Waals surface area (Å²) in [5.74, 6) is 1.02. The van der Waals surface area contributed by atoms with Crippen LogP contribution >= 0.6 is 0 Å². The molecule has 1 rings (SSSR count). The van der Waals surface area contributed by atoms with E-state index in [4.69, 9.17) is 0 Å². The van der Waals surface area contributed by atoms with Crippen LogP contribution in [0.1, 0.15) is 61.8 Å². The third kappa shape index (κ3) is 2.64. The number of carbonyl (C=O) groups is 1. The Morgan fingerprint density at radius 2 is 1.61 bits per heavy atom. The number of hydrogen-bond acceptors (Lipinski definition) is 2. The Hall–Kier alpha value is -0.370. The molecule has 0 aromatic heterocycles. The van der Waals surface area contributed by atoms with Gasteiger partial charge in [-0.15, -0.1) is 0 Å². The highest BCUT2D eigenvalue weighted by Crippen LogP contribution is 2.46. The normalized spacial score (nSPS) is 34.4. The second kappa shape index (κ2) is 4.63. The molecule has 2 heteroatoms. The van der Waals surface area contributed by atoms with Crippen LogP contribution in [0.3, 0.4) is 0 Å². The zero-order valence-electron chi connectivity index (χ0n) is 13.5. The fraction of sp³-hybridized carbons (Fsp3) is 0.938. The molecular weight excluding hydrogens is 222 g/mol. The van der Waals surface area contributed by atoms with Gasteiger partial charge in [-0.1, -0.05) is 34.6 Å². The third-order valence-corrected chi connectivity index (χ3v) is 5.88. The van der Waals surface area contributed by atoms with Gasteiger partial charge >= 0.3 is 0 Å². The first-order valence-corrected chi connectivity index (χ1v) is 7.17. The van der Waals surface area contributed by atoms with Gasteiger partial charge in [-0.25, -0.2) is 0 Å². The van der Waals surface area contributed by atoms with E-state index in [2.05, 4.69) is 53.8 Å². The fourth-order valence-corrected chi connectivity index (χ4v) is 2.93. The Labute approximate surface area is 113 Å². The summed E-state index contributed by atoms with van der Waals surface area (Å²) in [4.78, 5) is 12.1. The van der Waals surface area contributed by atoms with Gasteiger partial charge in [-0.05, 0) is 43.9 Å². The summed E-state index contributed by atoms with van der Waals surface area (Å²) in [5.41, 5.74) is 0.186. The quantitative estimate of drug-likeness (QED) is 0.773. The monoisotopic (exact) mass is 253 g/mol. The van der Waals surface area contributed by atoms with Gasteiger partial charge in [0.25, 0.3) is 0 Å². The molecule has 2 nitrogen and oxygen atoms in total. The minimum atomic E-state index is -0.0270. The molecule has 0 amide bonds. The van der Waals surface area contributed by atoms with Crippen LogP contribution < -0.4 is 5.32 Å². The van der Waals surface area contributed by atoms with E-state index >= 15 is 0 Å². The second-order valence-electron chi connectivity index (χ2n) is 7.99. The number of ketones is 1. The zero-order valence-corrected chi connectivity index (χ0v) is 13.5. The molecule has 1 aliphatic rings. The van der Waals surface area contributed by atoms with Crippen LogP contribution in [0.25, 0.3) is 0 Å². The van der Waals surface area contributed by atoms with E-state index in [0.717, 1.165) is 13.0 Å². The summed E-state index contributed by atoms with van der Waals surface area (Å²) in [5, 5.41) is 3.70. The van der Waals surface area contributed by atoms with E-state index in [9.17, 15) is 4.79 Å². The van der Waals surface area contributed by atoms with Crippen LogP contribution in [-0.4, -0.2) is 17.9 Å². The third-order valence-electron chi connectivity index (χ3n) is 5.88. The maximum Gasteiger partial charge on any atom is 0.133 e. The summed E-state index contributed by atoms with van der Waals surface area (Å²) in [6, 6.07) is 0. The predicted molar refractivity (Wildman–Crippen MR) is 77.6 cm³/mol. The van der Waals surface area contributed by atoms with Crippen molar-refractivity contribution in [3.8, 4) is 0 Å². The predicted octanol–water partition coefficient (Wildman–Crippen LogP) is 3.65. The molecule has 0 aromatic carbocycles. The van der Waals surface area contributed by atoms with Gasteiger partial charge in [0.05, 0.1) is 0 Å². The Morgan fingerprint density at radius 3 is 2.06 bits per heavy atom. The van der Waals surface area contributed by atoms with Crippen LogP contribution in [0.5, 0.6) is 0 Å². The molecule has 0 aromatic rings. The Bertz CT molecular complexity index is 328. The second-order valence-corrected chi connectivity index (χ2v) is 7.99. The van der Waals surface area contributed by atoms with Gasteiger partial charge < -0.3 is 5.32 Å². The molecule has 0 radical (unpaired) electrons. The molecule has 1 aliphatic heterocycles. The molecule has 0 spiro atoms. The van der Waals surface area contributed by atoms with Crippen molar-refractivity contribution in [2.24, 2.45) is 22.7 Å². The van der Waals surface area contributed by atoms with Crippen molar-refractivity contribution in [3.63, 3.8) is 0 Å². The molecule has 18 heavy (non-hydrogen) atoms. The standard InChI is InChI=1S/C16H31NO/c1-11-9-13(12(2)18)15(5,6)16(7,8)17-10-14(11,3)4/h11,13,17H,9-10H2,1-8H3. The molecule has 1 N–H and O–H groups in total. The van der Waals surface area contributed by atoms with Crippen LogP contribution in [0.4, 0.5) is 0 Å². The lowest BCUT2D eigenvalue weighted by molar-refractivity contribution is -0.129. The van der Waals surface area contributed by atoms with Gasteiger partial charge in [0.2, 0.25) is 0 Å². The number of nitrogens with one attached hydrogen (secondary N) is 1. The number of rotatable bonds is 1. The zero-order chi connectivity index (χ0) is 14.4.